The first-order valence-electron chi connectivity index (χ1n) is 8.04. The average molecular weight is 355 g/mol. The first kappa shape index (κ1) is 18.8. The van der Waals surface area contributed by atoms with Crippen molar-refractivity contribution >= 4 is 28.3 Å². The van der Waals surface area contributed by atoms with Gasteiger partial charge >= 0.3 is 0 Å². The number of hydrogen-bond acceptors (Lipinski definition) is 7. The van der Waals surface area contributed by atoms with E-state index in [0.717, 1.165) is 18.0 Å². The van der Waals surface area contributed by atoms with Crippen LogP contribution in [0.3, 0.4) is 0 Å². The van der Waals surface area contributed by atoms with Crippen molar-refractivity contribution in [1.82, 2.24) is 20.0 Å². The van der Waals surface area contributed by atoms with Gasteiger partial charge in [0.2, 0.25) is 16.9 Å². The molecule has 134 valence electrons. The molecule has 1 aliphatic heterocycles. The number of likely N-dealkylation sites (tertiary alicyclic amines) is 1. The van der Waals surface area contributed by atoms with E-state index in [0.29, 0.717) is 37.7 Å². The summed E-state index contributed by atoms with van der Waals surface area (Å²) in [6.07, 6.45) is 1.77. The summed E-state index contributed by atoms with van der Waals surface area (Å²) in [6.45, 7) is 2.32. The highest BCUT2D eigenvalue weighted by molar-refractivity contribution is 7.15. The molecule has 24 heavy (non-hydrogen) atoms. The van der Waals surface area contributed by atoms with Gasteiger partial charge in [-0.05, 0) is 20.5 Å². The maximum absolute atomic E-state index is 12.4. The third-order valence-electron chi connectivity index (χ3n) is 3.91. The van der Waals surface area contributed by atoms with Crippen LogP contribution in [0, 0.1) is 5.92 Å². The molecule has 1 aromatic rings. The van der Waals surface area contributed by atoms with E-state index in [4.69, 9.17) is 4.74 Å². The molecule has 1 fully saturated rings. The Hall–Kier alpha value is -1.58. The molecule has 1 atom stereocenters. The third kappa shape index (κ3) is 5.50. The van der Waals surface area contributed by atoms with Gasteiger partial charge in [0.15, 0.2) is 0 Å². The molecule has 1 aliphatic rings. The number of likely N-dealkylation sites (N-methyl/N-ethyl adjacent to an activating group) is 1. The fourth-order valence-electron chi connectivity index (χ4n) is 2.48. The van der Waals surface area contributed by atoms with Crippen molar-refractivity contribution in [2.24, 2.45) is 5.92 Å². The Balaban J connectivity index is 1.86. The molecule has 0 spiro atoms. The summed E-state index contributed by atoms with van der Waals surface area (Å²) in [6, 6.07) is 0. The zero-order chi connectivity index (χ0) is 17.5. The SMILES string of the molecule is COCCN1CC(C(=O)Nc2nnc(CCN(C)C)s2)CCC1=O. The van der Waals surface area contributed by atoms with Crippen molar-refractivity contribution < 1.29 is 14.3 Å². The Morgan fingerprint density at radius 2 is 2.25 bits per heavy atom. The molecule has 1 saturated heterocycles. The minimum absolute atomic E-state index is 0.0815. The molecule has 1 unspecified atom stereocenters. The van der Waals surface area contributed by atoms with Gasteiger partial charge in [-0.2, -0.15) is 0 Å². The fraction of sp³-hybridized carbons (Fsp3) is 0.733. The van der Waals surface area contributed by atoms with Crippen molar-refractivity contribution in [3.63, 3.8) is 0 Å². The number of piperidine rings is 1. The molecule has 8 nitrogen and oxygen atoms in total. The highest BCUT2D eigenvalue weighted by atomic mass is 32.1. The van der Waals surface area contributed by atoms with Crippen LogP contribution in [0.25, 0.3) is 0 Å². The highest BCUT2D eigenvalue weighted by Crippen LogP contribution is 2.21. The summed E-state index contributed by atoms with van der Waals surface area (Å²) in [5.74, 6) is -0.230. The number of nitrogens with zero attached hydrogens (tertiary/aromatic N) is 4. The number of amides is 2. The summed E-state index contributed by atoms with van der Waals surface area (Å²) in [5.41, 5.74) is 0. The Bertz CT molecular complexity index is 563. The number of ether oxygens (including phenoxy) is 1. The Labute approximate surface area is 146 Å². The van der Waals surface area contributed by atoms with Gasteiger partial charge < -0.3 is 19.9 Å². The lowest BCUT2D eigenvalue weighted by Crippen LogP contribution is -2.45. The zero-order valence-electron chi connectivity index (χ0n) is 14.4. The first-order chi connectivity index (χ1) is 11.5. The molecule has 2 amide bonds. The summed E-state index contributed by atoms with van der Waals surface area (Å²) >= 11 is 1.40. The number of methoxy groups -OCH3 is 1. The number of nitrogens with one attached hydrogen (secondary N) is 1. The molecule has 9 heteroatoms. The predicted molar refractivity (Wildman–Crippen MR) is 92.0 cm³/mol. The van der Waals surface area contributed by atoms with E-state index >= 15 is 0 Å². The normalized spacial score (nSPS) is 18.2. The van der Waals surface area contributed by atoms with Crippen LogP contribution >= 0.6 is 11.3 Å². The fourth-order valence-corrected chi connectivity index (χ4v) is 3.21. The molecule has 0 saturated carbocycles. The van der Waals surface area contributed by atoms with Crippen LogP contribution in [-0.4, -0.2) is 79.3 Å². The summed E-state index contributed by atoms with van der Waals surface area (Å²) in [4.78, 5) is 28.1. The zero-order valence-corrected chi connectivity index (χ0v) is 15.3. The molecule has 2 heterocycles. The predicted octanol–water partition coefficient (Wildman–Crippen LogP) is 0.466. The monoisotopic (exact) mass is 355 g/mol. The van der Waals surface area contributed by atoms with Crippen LogP contribution in [0.15, 0.2) is 0 Å². The number of carbonyl (C=O) groups is 2. The Morgan fingerprint density at radius 1 is 1.46 bits per heavy atom. The number of rotatable bonds is 8. The van der Waals surface area contributed by atoms with Gasteiger partial charge in [0.1, 0.15) is 5.01 Å². The lowest BCUT2D eigenvalue weighted by Gasteiger charge is -2.31. The van der Waals surface area contributed by atoms with Crippen LogP contribution in [-0.2, 0) is 20.7 Å². The van der Waals surface area contributed by atoms with E-state index in [1.165, 1.54) is 11.3 Å². The highest BCUT2D eigenvalue weighted by Gasteiger charge is 2.30. The van der Waals surface area contributed by atoms with Crippen LogP contribution in [0.2, 0.25) is 0 Å². The van der Waals surface area contributed by atoms with E-state index in [9.17, 15) is 9.59 Å². The van der Waals surface area contributed by atoms with Crippen LogP contribution in [0.1, 0.15) is 17.8 Å². The van der Waals surface area contributed by atoms with Crippen molar-refractivity contribution in [1.29, 1.82) is 0 Å². The van der Waals surface area contributed by atoms with Gasteiger partial charge in [-0.15, -0.1) is 10.2 Å². The van der Waals surface area contributed by atoms with E-state index in [-0.39, 0.29) is 17.7 Å². The molecule has 1 aromatic heterocycles. The molecular weight excluding hydrogens is 330 g/mol. The maximum Gasteiger partial charge on any atom is 0.231 e. The van der Waals surface area contributed by atoms with Gasteiger partial charge in [-0.3, -0.25) is 9.59 Å². The molecular formula is C15H25N5O3S. The van der Waals surface area contributed by atoms with Crippen molar-refractivity contribution in [2.75, 3.05) is 52.8 Å². The second kappa shape index (κ2) is 9.05. The van der Waals surface area contributed by atoms with Crippen molar-refractivity contribution in [3.8, 4) is 0 Å². The first-order valence-corrected chi connectivity index (χ1v) is 8.86. The number of hydrogen-bond donors (Lipinski definition) is 1. The van der Waals surface area contributed by atoms with E-state index in [2.05, 4.69) is 20.4 Å². The smallest absolute Gasteiger partial charge is 0.231 e. The lowest BCUT2D eigenvalue weighted by molar-refractivity contribution is -0.137. The number of anilines is 1. The van der Waals surface area contributed by atoms with Crippen molar-refractivity contribution in [3.05, 3.63) is 5.01 Å². The van der Waals surface area contributed by atoms with Gasteiger partial charge in [-0.25, -0.2) is 0 Å². The van der Waals surface area contributed by atoms with Gasteiger partial charge in [0.05, 0.1) is 12.5 Å². The second-order valence-electron chi connectivity index (χ2n) is 6.11. The minimum atomic E-state index is -0.214. The minimum Gasteiger partial charge on any atom is -0.383 e. The lowest BCUT2D eigenvalue weighted by atomic mass is 9.97. The molecule has 0 aromatic carbocycles. The van der Waals surface area contributed by atoms with E-state index < -0.39 is 0 Å². The molecule has 2 rings (SSSR count). The maximum atomic E-state index is 12.4. The van der Waals surface area contributed by atoms with Gasteiger partial charge in [0, 0.05) is 39.6 Å². The summed E-state index contributed by atoms with van der Waals surface area (Å²) in [5, 5.41) is 12.4. The van der Waals surface area contributed by atoms with Gasteiger partial charge in [-0.1, -0.05) is 11.3 Å². The Kier molecular flexibility index (Phi) is 7.07. The number of carbonyl (C=O) groups excluding carboxylic acids is 2. The summed E-state index contributed by atoms with van der Waals surface area (Å²) < 4.78 is 5.01. The number of aromatic nitrogens is 2. The quantitative estimate of drug-likeness (QED) is 0.729. The van der Waals surface area contributed by atoms with Gasteiger partial charge in [0.25, 0.3) is 0 Å². The molecule has 0 aliphatic carbocycles. The average Bonchev–Trinajstić information content (AvgIpc) is 2.99. The topological polar surface area (TPSA) is 87.7 Å². The molecule has 0 radical (unpaired) electrons. The Morgan fingerprint density at radius 3 is 2.96 bits per heavy atom. The second-order valence-corrected chi connectivity index (χ2v) is 7.17. The van der Waals surface area contributed by atoms with Crippen LogP contribution < -0.4 is 5.32 Å². The van der Waals surface area contributed by atoms with E-state index in [1.807, 2.05) is 14.1 Å². The van der Waals surface area contributed by atoms with E-state index in [1.54, 1.807) is 12.0 Å². The largest absolute Gasteiger partial charge is 0.383 e. The third-order valence-corrected chi connectivity index (χ3v) is 4.80. The molecule has 0 bridgehead atoms. The van der Waals surface area contributed by atoms with Crippen LogP contribution in [0.4, 0.5) is 5.13 Å². The summed E-state index contributed by atoms with van der Waals surface area (Å²) in [7, 11) is 5.61. The standard InChI is InChI=1S/C15H25N5O3S/c1-19(2)7-6-12-17-18-15(24-12)16-14(22)11-4-5-13(21)20(10-11)8-9-23-3/h11H,4-10H2,1-3H3,(H,16,18,22). The molecule has 1 N–H and O–H groups in total. The van der Waals surface area contributed by atoms with Crippen LogP contribution in [0.5, 0.6) is 0 Å². The van der Waals surface area contributed by atoms with Crippen molar-refractivity contribution in [2.45, 2.75) is 19.3 Å².